The van der Waals surface area contributed by atoms with Crippen molar-refractivity contribution in [1.82, 2.24) is 40.1 Å². The molecule has 1 aliphatic carbocycles. The predicted molar refractivity (Wildman–Crippen MR) is 153 cm³/mol. The third-order valence-electron chi connectivity index (χ3n) is 7.90. The molecule has 13 heteroatoms. The van der Waals surface area contributed by atoms with Crippen LogP contribution in [0, 0.1) is 5.82 Å². The quantitative estimate of drug-likeness (QED) is 0.254. The monoisotopic (exact) mass is 571 g/mol. The molecular weight excluding hydrogens is 541 g/mol. The predicted octanol–water partition coefficient (Wildman–Crippen LogP) is 3.96. The topological polar surface area (TPSA) is 145 Å². The van der Waals surface area contributed by atoms with Gasteiger partial charge < -0.3 is 15.4 Å². The average Bonchev–Trinajstić information content (AvgIpc) is 3.70. The molecule has 0 saturated heterocycles. The molecule has 3 N–H and O–H groups in total. The lowest BCUT2D eigenvalue weighted by Crippen LogP contribution is -2.51. The fourth-order valence-electron chi connectivity index (χ4n) is 5.46. The summed E-state index contributed by atoms with van der Waals surface area (Å²) >= 11 is 0. The van der Waals surface area contributed by atoms with Crippen LogP contribution >= 0.6 is 0 Å². The minimum Gasteiger partial charge on any atom is -0.368 e. The van der Waals surface area contributed by atoms with Crippen molar-refractivity contribution in [2.24, 2.45) is 0 Å². The number of hydrogen-bond donors (Lipinski definition) is 3. The van der Waals surface area contributed by atoms with Gasteiger partial charge in [0.1, 0.15) is 11.4 Å². The van der Waals surface area contributed by atoms with Gasteiger partial charge in [-0.25, -0.2) is 18.7 Å². The highest BCUT2D eigenvalue weighted by atomic mass is 19.1. The molecule has 0 bridgehead atoms. The summed E-state index contributed by atoms with van der Waals surface area (Å²) in [6.07, 6.45) is 7.50. The summed E-state index contributed by atoms with van der Waals surface area (Å²) in [5.41, 5.74) is -0.436. The number of methoxy groups -OCH3 is 1. The molecular formula is C29H30FN9O3. The number of hydrogen-bond acceptors (Lipinski definition) is 8. The molecule has 1 aliphatic rings. The van der Waals surface area contributed by atoms with Gasteiger partial charge in [0.05, 0.1) is 36.1 Å². The van der Waals surface area contributed by atoms with Crippen LogP contribution in [0.4, 0.5) is 16.0 Å². The number of amides is 1. The van der Waals surface area contributed by atoms with Crippen LogP contribution in [-0.4, -0.2) is 53.4 Å². The van der Waals surface area contributed by atoms with Gasteiger partial charge in [0.15, 0.2) is 17.5 Å². The first kappa shape index (κ1) is 27.3. The number of benzene rings is 1. The number of pyridine rings is 1. The van der Waals surface area contributed by atoms with Crippen LogP contribution in [0.3, 0.4) is 0 Å². The molecule has 1 saturated carbocycles. The minimum absolute atomic E-state index is 0.178. The van der Waals surface area contributed by atoms with Gasteiger partial charge in [0.2, 0.25) is 0 Å². The molecule has 1 amide bonds. The molecule has 0 aliphatic heterocycles. The number of rotatable bonds is 8. The zero-order valence-electron chi connectivity index (χ0n) is 23.1. The highest BCUT2D eigenvalue weighted by Crippen LogP contribution is 2.37. The Hall–Kier alpha value is -4.91. The zero-order valence-corrected chi connectivity index (χ0v) is 23.1. The van der Waals surface area contributed by atoms with Crippen molar-refractivity contribution >= 4 is 28.3 Å². The normalized spacial score (nSPS) is 19.5. The van der Waals surface area contributed by atoms with Crippen LogP contribution in [0.15, 0.2) is 72.0 Å². The van der Waals surface area contributed by atoms with Crippen LogP contribution in [0.2, 0.25) is 0 Å². The maximum atomic E-state index is 13.5. The van der Waals surface area contributed by atoms with Gasteiger partial charge in [-0.2, -0.15) is 15.3 Å². The number of halogens is 1. The van der Waals surface area contributed by atoms with E-state index in [0.29, 0.717) is 53.9 Å². The number of fused-ring (bicyclic) bond motifs is 1. The van der Waals surface area contributed by atoms with Gasteiger partial charge in [0.25, 0.3) is 11.5 Å². The zero-order chi connectivity index (χ0) is 29.3. The van der Waals surface area contributed by atoms with E-state index in [1.807, 2.05) is 31.2 Å². The number of aromatic nitrogens is 7. The number of H-pyrrole nitrogens is 1. The molecule has 4 heterocycles. The van der Waals surface area contributed by atoms with E-state index in [1.165, 1.54) is 22.7 Å². The molecule has 42 heavy (non-hydrogen) atoms. The van der Waals surface area contributed by atoms with Gasteiger partial charge >= 0.3 is 0 Å². The van der Waals surface area contributed by atoms with E-state index < -0.39 is 11.4 Å². The first-order valence-electron chi connectivity index (χ1n) is 13.7. The minimum atomic E-state index is -1.04. The summed E-state index contributed by atoms with van der Waals surface area (Å²) in [7, 11) is 1.54. The number of carbonyl (C=O) groups excluding carboxylic acids is 1. The Morgan fingerprint density at radius 3 is 2.57 bits per heavy atom. The van der Waals surface area contributed by atoms with Crippen LogP contribution in [0.5, 0.6) is 0 Å². The van der Waals surface area contributed by atoms with Crippen LogP contribution < -0.4 is 16.2 Å². The van der Waals surface area contributed by atoms with Crippen LogP contribution in [-0.2, 0) is 9.53 Å². The highest BCUT2D eigenvalue weighted by Gasteiger charge is 2.43. The summed E-state index contributed by atoms with van der Waals surface area (Å²) in [6.45, 7) is 1.87. The van der Waals surface area contributed by atoms with Crippen molar-refractivity contribution in [3.63, 3.8) is 0 Å². The Morgan fingerprint density at radius 1 is 1.14 bits per heavy atom. The Morgan fingerprint density at radius 2 is 1.93 bits per heavy atom. The smallest absolute Gasteiger partial charge is 0.275 e. The molecule has 1 aromatic carbocycles. The number of aromatic amines is 1. The van der Waals surface area contributed by atoms with Crippen molar-refractivity contribution < 1.29 is 13.9 Å². The third-order valence-corrected chi connectivity index (χ3v) is 7.90. The van der Waals surface area contributed by atoms with E-state index in [9.17, 15) is 14.0 Å². The molecule has 12 nitrogen and oxygen atoms in total. The van der Waals surface area contributed by atoms with Gasteiger partial charge in [0, 0.05) is 24.8 Å². The second-order valence-corrected chi connectivity index (χ2v) is 10.4. The van der Waals surface area contributed by atoms with Crippen LogP contribution in [0.25, 0.3) is 16.6 Å². The van der Waals surface area contributed by atoms with Crippen molar-refractivity contribution in [2.75, 3.05) is 12.4 Å². The van der Waals surface area contributed by atoms with Crippen LogP contribution in [0.1, 0.15) is 50.3 Å². The molecule has 5 aromatic rings. The molecule has 0 unspecified atom stereocenters. The van der Waals surface area contributed by atoms with Gasteiger partial charge in [-0.1, -0.05) is 24.3 Å². The lowest BCUT2D eigenvalue weighted by atomic mass is 9.81. The number of ether oxygens (including phenoxy) is 1. The number of nitrogens with zero attached hydrogens (tertiary/aromatic N) is 6. The molecule has 1 atom stereocenters. The lowest BCUT2D eigenvalue weighted by molar-refractivity contribution is -0.149. The van der Waals surface area contributed by atoms with E-state index in [-0.39, 0.29) is 23.6 Å². The van der Waals surface area contributed by atoms with E-state index in [2.05, 4.69) is 30.9 Å². The fourth-order valence-corrected chi connectivity index (χ4v) is 5.46. The Bertz CT molecular complexity index is 1760. The standard InChI is InChI=1S/C29H30FN9O3/c1-18(19-7-8-25(31-15-19)38-17-20(30)16-33-38)34-28(41)29(42-2)12-9-21(10-13-29)39-27(40)23-6-4-3-5-22(23)26(37-39)35-24-11-14-32-36-24/h3-8,11,14-18,21H,9-10,12-13H2,1-2H3,(H,34,41)(H2,32,35,36,37)/t18-,21?,29?/m0/s1. The van der Waals surface area contributed by atoms with Crippen molar-refractivity contribution in [1.29, 1.82) is 0 Å². The maximum Gasteiger partial charge on any atom is 0.275 e. The number of anilines is 2. The molecule has 0 radical (unpaired) electrons. The maximum absolute atomic E-state index is 13.5. The van der Waals surface area contributed by atoms with Gasteiger partial charge in [-0.3, -0.25) is 14.7 Å². The fraction of sp³-hybridized carbons (Fsp3) is 0.310. The first-order chi connectivity index (χ1) is 20.4. The van der Waals surface area contributed by atoms with E-state index in [1.54, 1.807) is 30.6 Å². The summed E-state index contributed by atoms with van der Waals surface area (Å²) in [5.74, 6) is 0.990. The Kier molecular flexibility index (Phi) is 7.25. The molecule has 6 rings (SSSR count). The Balaban J connectivity index is 1.17. The van der Waals surface area contributed by atoms with Gasteiger partial charge in [-0.15, -0.1) is 0 Å². The average molecular weight is 572 g/mol. The van der Waals surface area contributed by atoms with Gasteiger partial charge in [-0.05, 0) is 50.3 Å². The van der Waals surface area contributed by atoms with Crippen molar-refractivity contribution in [3.8, 4) is 5.82 Å². The summed E-state index contributed by atoms with van der Waals surface area (Å²) < 4.78 is 22.0. The molecule has 1 fully saturated rings. The summed E-state index contributed by atoms with van der Waals surface area (Å²) in [6, 6.07) is 12.1. The first-order valence-corrected chi connectivity index (χ1v) is 13.7. The highest BCUT2D eigenvalue weighted by molar-refractivity contribution is 5.92. The SMILES string of the molecule is COC1(C(=O)N[C@@H](C)c2ccc(-n3cc(F)cn3)nc2)CCC(n2nc(Nc3ccn[nH]3)c3ccccc3c2=O)CC1. The molecule has 0 spiro atoms. The number of nitrogens with one attached hydrogen (secondary N) is 3. The van der Waals surface area contributed by atoms with E-state index in [0.717, 1.165) is 11.8 Å². The second kappa shape index (κ2) is 11.2. The molecule has 216 valence electrons. The van der Waals surface area contributed by atoms with Crippen molar-refractivity contribution in [2.45, 2.75) is 50.3 Å². The summed E-state index contributed by atoms with van der Waals surface area (Å²) in [5, 5.41) is 23.0. The summed E-state index contributed by atoms with van der Waals surface area (Å²) in [4.78, 5) is 31.3. The van der Waals surface area contributed by atoms with E-state index in [4.69, 9.17) is 9.84 Å². The second-order valence-electron chi connectivity index (χ2n) is 10.4. The third kappa shape index (κ3) is 5.14. The molecule has 4 aromatic heterocycles. The Labute approximate surface area is 239 Å². The van der Waals surface area contributed by atoms with Crippen molar-refractivity contribution in [3.05, 3.63) is 89.0 Å². The number of carbonyl (C=O) groups is 1. The largest absolute Gasteiger partial charge is 0.368 e. The lowest BCUT2D eigenvalue weighted by Gasteiger charge is -2.38. The van der Waals surface area contributed by atoms with E-state index >= 15 is 0 Å².